The molecule has 0 N–H and O–H groups in total. The van der Waals surface area contributed by atoms with Crippen LogP contribution in [0, 0.1) is 12.8 Å². The lowest BCUT2D eigenvalue weighted by atomic mass is 9.90. The van der Waals surface area contributed by atoms with Gasteiger partial charge in [-0.15, -0.1) is 0 Å². The SMILES string of the molecule is Cc1oc(-c2ccc(-c3ccccc3)cc2)nc1CN1CCC[C@H](C(=O)c2cccnc2)C1. The summed E-state index contributed by atoms with van der Waals surface area (Å²) in [4.78, 5) is 24.1. The van der Waals surface area contributed by atoms with Gasteiger partial charge in [0.05, 0.1) is 5.69 Å². The number of carbonyl (C=O) groups excluding carboxylic acids is 1. The number of aryl methyl sites for hydroxylation is 1. The van der Waals surface area contributed by atoms with E-state index in [9.17, 15) is 4.79 Å². The molecule has 3 heterocycles. The lowest BCUT2D eigenvalue weighted by Crippen LogP contribution is -2.38. The van der Waals surface area contributed by atoms with Crippen LogP contribution in [0.2, 0.25) is 0 Å². The normalized spacial score (nSPS) is 16.6. The predicted molar refractivity (Wildman–Crippen MR) is 129 cm³/mol. The van der Waals surface area contributed by atoms with Gasteiger partial charge in [-0.2, -0.15) is 0 Å². The Morgan fingerprint density at radius 2 is 1.76 bits per heavy atom. The van der Waals surface area contributed by atoms with Gasteiger partial charge in [-0.3, -0.25) is 14.7 Å². The maximum atomic E-state index is 12.9. The Bertz CT molecular complexity index is 1220. The number of nitrogens with zero attached hydrogens (tertiary/aromatic N) is 3. The Balaban J connectivity index is 1.27. The van der Waals surface area contributed by atoms with Crippen LogP contribution in [0.1, 0.15) is 34.7 Å². The fraction of sp³-hybridized carbons (Fsp3) is 0.250. The van der Waals surface area contributed by atoms with Crippen molar-refractivity contribution in [2.45, 2.75) is 26.3 Å². The summed E-state index contributed by atoms with van der Waals surface area (Å²) < 4.78 is 6.02. The number of aromatic nitrogens is 2. The summed E-state index contributed by atoms with van der Waals surface area (Å²) in [6, 6.07) is 22.3. The number of hydrogen-bond acceptors (Lipinski definition) is 5. The van der Waals surface area contributed by atoms with Crippen molar-refractivity contribution in [3.8, 4) is 22.6 Å². The number of benzene rings is 2. The quantitative estimate of drug-likeness (QED) is 0.357. The number of pyridine rings is 1. The van der Waals surface area contributed by atoms with E-state index in [1.165, 1.54) is 11.1 Å². The Morgan fingerprint density at radius 3 is 2.52 bits per heavy atom. The number of piperidine rings is 1. The number of Topliss-reactive ketones (excluding diaryl/α,β-unsaturated/α-hetero) is 1. The Hall–Kier alpha value is -3.57. The van der Waals surface area contributed by atoms with E-state index >= 15 is 0 Å². The first-order valence-electron chi connectivity index (χ1n) is 11.5. The van der Waals surface area contributed by atoms with Crippen molar-refractivity contribution in [1.82, 2.24) is 14.9 Å². The molecule has 1 atom stereocenters. The molecule has 1 fully saturated rings. The molecular weight excluding hydrogens is 410 g/mol. The van der Waals surface area contributed by atoms with E-state index < -0.39 is 0 Å². The van der Waals surface area contributed by atoms with Crippen LogP contribution in [0.5, 0.6) is 0 Å². The van der Waals surface area contributed by atoms with Gasteiger partial charge >= 0.3 is 0 Å². The number of carbonyl (C=O) groups is 1. The smallest absolute Gasteiger partial charge is 0.226 e. The summed E-state index contributed by atoms with van der Waals surface area (Å²) in [5, 5.41) is 0. The Kier molecular flexibility index (Phi) is 6.13. The first kappa shape index (κ1) is 21.3. The summed E-state index contributed by atoms with van der Waals surface area (Å²) >= 11 is 0. The fourth-order valence-electron chi connectivity index (χ4n) is 4.50. The standard InChI is InChI=1S/C28H27N3O2/c1-20-26(19-31-16-6-10-25(18-31)27(32)24-9-5-15-29-17-24)30-28(33-20)23-13-11-22(12-14-23)21-7-3-2-4-8-21/h2-5,7-9,11-15,17,25H,6,10,16,18-19H2,1H3/t25-/m0/s1. The van der Waals surface area contributed by atoms with Crippen molar-refractivity contribution in [3.63, 3.8) is 0 Å². The largest absolute Gasteiger partial charge is 0.441 e. The van der Waals surface area contributed by atoms with Gasteiger partial charge in [-0.25, -0.2) is 4.98 Å². The lowest BCUT2D eigenvalue weighted by molar-refractivity contribution is 0.0809. The highest BCUT2D eigenvalue weighted by Crippen LogP contribution is 2.28. The van der Waals surface area contributed by atoms with Gasteiger partial charge in [-0.1, -0.05) is 42.5 Å². The van der Waals surface area contributed by atoms with Crippen LogP contribution < -0.4 is 0 Å². The molecule has 4 aromatic rings. The van der Waals surface area contributed by atoms with E-state index in [2.05, 4.69) is 46.3 Å². The summed E-state index contributed by atoms with van der Waals surface area (Å²) in [6.07, 6.45) is 5.28. The van der Waals surface area contributed by atoms with E-state index in [4.69, 9.17) is 9.40 Å². The van der Waals surface area contributed by atoms with Crippen molar-refractivity contribution in [2.24, 2.45) is 5.92 Å². The number of oxazole rings is 1. The molecule has 2 aromatic heterocycles. The van der Waals surface area contributed by atoms with E-state index in [0.29, 0.717) is 18.0 Å². The number of likely N-dealkylation sites (tertiary alicyclic amines) is 1. The van der Waals surface area contributed by atoms with Crippen LogP contribution in [-0.2, 0) is 6.54 Å². The third-order valence-electron chi connectivity index (χ3n) is 6.33. The molecule has 0 radical (unpaired) electrons. The molecule has 1 aliphatic heterocycles. The minimum atomic E-state index is 0.000147. The molecule has 0 bridgehead atoms. The molecule has 0 aliphatic carbocycles. The number of hydrogen-bond donors (Lipinski definition) is 0. The second kappa shape index (κ2) is 9.51. The van der Waals surface area contributed by atoms with Gasteiger partial charge in [0.15, 0.2) is 5.78 Å². The zero-order valence-electron chi connectivity index (χ0n) is 18.8. The molecule has 1 aliphatic rings. The van der Waals surface area contributed by atoms with Gasteiger partial charge in [-0.05, 0) is 61.7 Å². The zero-order chi connectivity index (χ0) is 22.6. The third-order valence-corrected chi connectivity index (χ3v) is 6.33. The molecule has 0 saturated carbocycles. The second-order valence-electron chi connectivity index (χ2n) is 8.65. The second-order valence-corrected chi connectivity index (χ2v) is 8.65. The fourth-order valence-corrected chi connectivity index (χ4v) is 4.50. The first-order chi connectivity index (χ1) is 16.2. The lowest BCUT2D eigenvalue weighted by Gasteiger charge is -2.31. The van der Waals surface area contributed by atoms with Crippen molar-refractivity contribution in [1.29, 1.82) is 0 Å². The summed E-state index contributed by atoms with van der Waals surface area (Å²) in [6.45, 7) is 4.35. The number of ketones is 1. The van der Waals surface area contributed by atoms with Crippen LogP contribution >= 0.6 is 0 Å². The highest BCUT2D eigenvalue weighted by Gasteiger charge is 2.27. The van der Waals surface area contributed by atoms with Crippen LogP contribution in [0.25, 0.3) is 22.6 Å². The summed E-state index contributed by atoms with van der Waals surface area (Å²) in [5.74, 6) is 1.66. The maximum absolute atomic E-state index is 12.9. The van der Waals surface area contributed by atoms with Crippen molar-refractivity contribution in [3.05, 3.63) is 96.1 Å². The molecule has 5 nitrogen and oxygen atoms in total. The van der Waals surface area contributed by atoms with Crippen molar-refractivity contribution in [2.75, 3.05) is 13.1 Å². The third kappa shape index (κ3) is 4.78. The minimum absolute atomic E-state index is 0.000147. The van der Waals surface area contributed by atoms with Crippen LogP contribution in [0.3, 0.4) is 0 Å². The average molecular weight is 438 g/mol. The molecule has 0 spiro atoms. The van der Waals surface area contributed by atoms with Gasteiger partial charge in [0, 0.05) is 42.5 Å². The molecule has 5 rings (SSSR count). The summed E-state index contributed by atoms with van der Waals surface area (Å²) in [5.41, 5.74) is 4.96. The molecule has 2 aromatic carbocycles. The van der Waals surface area contributed by atoms with Gasteiger partial charge in [0.2, 0.25) is 5.89 Å². The van der Waals surface area contributed by atoms with Crippen LogP contribution in [0.15, 0.2) is 83.5 Å². The van der Waals surface area contributed by atoms with Gasteiger partial charge in [0.25, 0.3) is 0 Å². The van der Waals surface area contributed by atoms with Gasteiger partial charge in [0.1, 0.15) is 5.76 Å². The van der Waals surface area contributed by atoms with Crippen molar-refractivity contribution < 1.29 is 9.21 Å². The first-order valence-corrected chi connectivity index (χ1v) is 11.5. The molecule has 33 heavy (non-hydrogen) atoms. The molecule has 0 unspecified atom stereocenters. The molecular formula is C28H27N3O2. The zero-order valence-corrected chi connectivity index (χ0v) is 18.8. The van der Waals surface area contributed by atoms with E-state index in [1.807, 2.05) is 37.3 Å². The van der Waals surface area contributed by atoms with E-state index in [-0.39, 0.29) is 11.7 Å². The topological polar surface area (TPSA) is 59.2 Å². The predicted octanol–water partition coefficient (Wildman–Crippen LogP) is 5.81. The highest BCUT2D eigenvalue weighted by molar-refractivity contribution is 5.97. The highest BCUT2D eigenvalue weighted by atomic mass is 16.4. The Morgan fingerprint density at radius 1 is 1.00 bits per heavy atom. The van der Waals surface area contributed by atoms with E-state index in [0.717, 1.165) is 42.9 Å². The van der Waals surface area contributed by atoms with Gasteiger partial charge < -0.3 is 4.42 Å². The maximum Gasteiger partial charge on any atom is 0.226 e. The average Bonchev–Trinajstić information content (AvgIpc) is 3.25. The molecule has 0 amide bonds. The van der Waals surface area contributed by atoms with Crippen LogP contribution in [0.4, 0.5) is 0 Å². The van der Waals surface area contributed by atoms with Crippen LogP contribution in [-0.4, -0.2) is 33.7 Å². The van der Waals surface area contributed by atoms with Crippen molar-refractivity contribution >= 4 is 5.78 Å². The Labute approximate surface area is 194 Å². The van der Waals surface area contributed by atoms with E-state index in [1.54, 1.807) is 12.4 Å². The number of rotatable bonds is 6. The minimum Gasteiger partial charge on any atom is -0.441 e. The summed E-state index contributed by atoms with van der Waals surface area (Å²) in [7, 11) is 0. The monoisotopic (exact) mass is 437 g/mol. The molecule has 1 saturated heterocycles. The molecule has 5 heteroatoms. The molecule has 166 valence electrons.